The molecule has 34 heavy (non-hydrogen) atoms. The van der Waals surface area contributed by atoms with Gasteiger partial charge in [-0.2, -0.15) is 0 Å². The van der Waals surface area contributed by atoms with Crippen LogP contribution in [0.5, 0.6) is 5.75 Å². The van der Waals surface area contributed by atoms with Gasteiger partial charge < -0.3 is 14.1 Å². The summed E-state index contributed by atoms with van der Waals surface area (Å²) in [5.41, 5.74) is 1.66. The van der Waals surface area contributed by atoms with Crippen molar-refractivity contribution in [2.75, 3.05) is 6.61 Å². The third kappa shape index (κ3) is 3.86. The minimum absolute atomic E-state index is 0.00100. The lowest BCUT2D eigenvalue weighted by Crippen LogP contribution is -2.29. The molecule has 0 aliphatic carbocycles. The van der Waals surface area contributed by atoms with Crippen molar-refractivity contribution in [3.63, 3.8) is 0 Å². The van der Waals surface area contributed by atoms with Crippen molar-refractivity contribution in [1.82, 2.24) is 4.90 Å². The lowest BCUT2D eigenvalue weighted by molar-refractivity contribution is 0.0714. The molecule has 0 radical (unpaired) electrons. The van der Waals surface area contributed by atoms with Crippen LogP contribution in [0.1, 0.15) is 33.3 Å². The molecule has 1 amide bonds. The summed E-state index contributed by atoms with van der Waals surface area (Å²) in [6.45, 7) is 4.16. The SMILES string of the molecule is C=CCOc1ccc(C2c3c(oc4ccc(Cl)cc4c3=O)C(=O)N2Cc2ccc(F)cc2)cc1. The molecular formula is C27H19ClFNO4. The van der Waals surface area contributed by atoms with E-state index in [2.05, 4.69) is 6.58 Å². The third-order valence-corrected chi connectivity index (χ3v) is 5.99. The second kappa shape index (κ2) is 8.80. The molecule has 5 rings (SSSR count). The van der Waals surface area contributed by atoms with Crippen molar-refractivity contribution in [2.45, 2.75) is 12.6 Å². The van der Waals surface area contributed by atoms with Crippen LogP contribution in [0.3, 0.4) is 0 Å². The van der Waals surface area contributed by atoms with Gasteiger partial charge in [0.2, 0.25) is 5.76 Å². The second-order valence-corrected chi connectivity index (χ2v) is 8.38. The average molecular weight is 476 g/mol. The smallest absolute Gasteiger partial charge is 0.291 e. The molecular weight excluding hydrogens is 457 g/mol. The fourth-order valence-electron chi connectivity index (χ4n) is 4.19. The van der Waals surface area contributed by atoms with E-state index in [4.69, 9.17) is 20.8 Å². The Balaban J connectivity index is 1.65. The quantitative estimate of drug-likeness (QED) is 0.326. The van der Waals surface area contributed by atoms with Gasteiger partial charge in [0.05, 0.1) is 17.0 Å². The summed E-state index contributed by atoms with van der Waals surface area (Å²) < 4.78 is 24.9. The summed E-state index contributed by atoms with van der Waals surface area (Å²) in [6.07, 6.45) is 1.64. The molecule has 170 valence electrons. The van der Waals surface area contributed by atoms with Crippen LogP contribution in [0.15, 0.2) is 88.6 Å². The van der Waals surface area contributed by atoms with Gasteiger partial charge in [-0.1, -0.05) is 48.5 Å². The van der Waals surface area contributed by atoms with E-state index in [-0.39, 0.29) is 34.7 Å². The first-order valence-electron chi connectivity index (χ1n) is 10.6. The highest BCUT2D eigenvalue weighted by molar-refractivity contribution is 6.31. The van der Waals surface area contributed by atoms with Crippen LogP contribution in [0.4, 0.5) is 4.39 Å². The van der Waals surface area contributed by atoms with Crippen LogP contribution < -0.4 is 10.2 Å². The first-order valence-corrected chi connectivity index (χ1v) is 11.0. The van der Waals surface area contributed by atoms with Crippen LogP contribution in [-0.4, -0.2) is 17.4 Å². The van der Waals surface area contributed by atoms with E-state index >= 15 is 0 Å². The average Bonchev–Trinajstić information content (AvgIpc) is 3.11. The number of ether oxygens (including phenoxy) is 1. The Labute approximate surface area is 199 Å². The molecule has 1 unspecified atom stereocenters. The molecule has 1 aliphatic heterocycles. The lowest BCUT2D eigenvalue weighted by Gasteiger charge is -2.25. The summed E-state index contributed by atoms with van der Waals surface area (Å²) in [4.78, 5) is 28.6. The summed E-state index contributed by atoms with van der Waals surface area (Å²) in [5, 5.41) is 0.700. The summed E-state index contributed by atoms with van der Waals surface area (Å²) in [7, 11) is 0. The Morgan fingerprint density at radius 3 is 2.50 bits per heavy atom. The van der Waals surface area contributed by atoms with Crippen molar-refractivity contribution >= 4 is 28.5 Å². The van der Waals surface area contributed by atoms with E-state index in [0.29, 0.717) is 28.3 Å². The fraction of sp³-hybridized carbons (Fsp3) is 0.111. The number of hydrogen-bond acceptors (Lipinski definition) is 4. The first-order chi connectivity index (χ1) is 16.5. The lowest BCUT2D eigenvalue weighted by atomic mass is 9.98. The molecule has 0 saturated heterocycles. The fourth-order valence-corrected chi connectivity index (χ4v) is 4.36. The summed E-state index contributed by atoms with van der Waals surface area (Å²) >= 11 is 6.12. The Bertz CT molecular complexity index is 1460. The maximum Gasteiger partial charge on any atom is 0.291 e. The standard InChI is InChI=1S/C27H19ClFNO4/c1-2-13-33-20-10-5-17(6-11-20)24-23-25(31)21-14-18(28)7-12-22(21)34-26(23)27(32)30(24)15-16-3-8-19(29)9-4-16/h2-12,14,24H,1,13,15H2. The largest absolute Gasteiger partial charge is 0.490 e. The molecule has 0 saturated carbocycles. The third-order valence-electron chi connectivity index (χ3n) is 5.76. The normalized spacial score (nSPS) is 14.9. The second-order valence-electron chi connectivity index (χ2n) is 7.95. The molecule has 3 aromatic carbocycles. The van der Waals surface area contributed by atoms with Crippen molar-refractivity contribution in [1.29, 1.82) is 0 Å². The van der Waals surface area contributed by atoms with Gasteiger partial charge in [0, 0.05) is 11.6 Å². The highest BCUT2D eigenvalue weighted by atomic mass is 35.5. The number of amides is 1. The number of rotatable bonds is 6. The topological polar surface area (TPSA) is 59.8 Å². The van der Waals surface area contributed by atoms with Gasteiger partial charge in [0.15, 0.2) is 5.43 Å². The number of halogens is 2. The highest BCUT2D eigenvalue weighted by Gasteiger charge is 2.42. The first kappa shape index (κ1) is 21.9. The minimum Gasteiger partial charge on any atom is -0.490 e. The van der Waals surface area contributed by atoms with Gasteiger partial charge in [-0.15, -0.1) is 0 Å². The maximum absolute atomic E-state index is 13.6. The Hall–Kier alpha value is -3.90. The zero-order chi connectivity index (χ0) is 23.8. The zero-order valence-electron chi connectivity index (χ0n) is 18.0. The monoisotopic (exact) mass is 475 g/mol. The molecule has 0 N–H and O–H groups in total. The van der Waals surface area contributed by atoms with Gasteiger partial charge in [0.1, 0.15) is 23.8 Å². The Morgan fingerprint density at radius 2 is 1.79 bits per heavy atom. The van der Waals surface area contributed by atoms with Crippen molar-refractivity contribution in [3.05, 3.63) is 123 Å². The van der Waals surface area contributed by atoms with E-state index in [9.17, 15) is 14.0 Å². The van der Waals surface area contributed by atoms with E-state index in [1.807, 2.05) is 12.1 Å². The van der Waals surface area contributed by atoms with E-state index < -0.39 is 11.9 Å². The maximum atomic E-state index is 13.6. The number of carbonyl (C=O) groups is 1. The zero-order valence-corrected chi connectivity index (χ0v) is 18.7. The number of benzene rings is 3. The Kier molecular flexibility index (Phi) is 5.67. The number of carbonyl (C=O) groups excluding carboxylic acids is 1. The molecule has 1 aromatic heterocycles. The van der Waals surface area contributed by atoms with E-state index in [0.717, 1.165) is 5.56 Å². The van der Waals surface area contributed by atoms with Crippen LogP contribution in [0, 0.1) is 5.82 Å². The summed E-state index contributed by atoms with van der Waals surface area (Å²) in [6, 6.07) is 17.1. The molecule has 1 atom stereocenters. The van der Waals surface area contributed by atoms with Gasteiger partial charge in [-0.05, 0) is 53.6 Å². The van der Waals surface area contributed by atoms with Gasteiger partial charge in [-0.25, -0.2) is 4.39 Å². The highest BCUT2D eigenvalue weighted by Crippen LogP contribution is 2.39. The molecule has 7 heteroatoms. The molecule has 4 aromatic rings. The number of hydrogen-bond donors (Lipinski definition) is 0. The molecule has 2 heterocycles. The van der Waals surface area contributed by atoms with Gasteiger partial charge >= 0.3 is 0 Å². The molecule has 0 fully saturated rings. The number of nitrogens with zero attached hydrogens (tertiary/aromatic N) is 1. The predicted molar refractivity (Wildman–Crippen MR) is 128 cm³/mol. The van der Waals surface area contributed by atoms with Crippen LogP contribution >= 0.6 is 11.6 Å². The van der Waals surface area contributed by atoms with Crippen molar-refractivity contribution in [3.8, 4) is 5.75 Å². The van der Waals surface area contributed by atoms with E-state index in [1.165, 1.54) is 12.1 Å². The Morgan fingerprint density at radius 1 is 1.06 bits per heavy atom. The predicted octanol–water partition coefficient (Wildman–Crippen LogP) is 5.90. The number of fused-ring (bicyclic) bond motifs is 2. The van der Waals surface area contributed by atoms with Gasteiger partial charge in [0.25, 0.3) is 5.91 Å². The minimum atomic E-state index is -0.694. The molecule has 0 spiro atoms. The van der Waals surface area contributed by atoms with E-state index in [1.54, 1.807) is 53.4 Å². The molecule has 1 aliphatic rings. The van der Waals surface area contributed by atoms with Crippen LogP contribution in [-0.2, 0) is 6.54 Å². The van der Waals surface area contributed by atoms with Crippen LogP contribution in [0.25, 0.3) is 11.0 Å². The van der Waals surface area contributed by atoms with Crippen molar-refractivity contribution in [2.24, 2.45) is 0 Å². The van der Waals surface area contributed by atoms with Gasteiger partial charge in [-0.3, -0.25) is 9.59 Å². The van der Waals surface area contributed by atoms with Crippen molar-refractivity contribution < 1.29 is 18.3 Å². The van der Waals surface area contributed by atoms with Crippen LogP contribution in [0.2, 0.25) is 5.02 Å². The summed E-state index contributed by atoms with van der Waals surface area (Å²) in [5.74, 6) is -0.147. The molecule has 5 nitrogen and oxygen atoms in total. The molecule has 0 bridgehead atoms.